The van der Waals surface area contributed by atoms with Crippen LogP contribution in [-0.4, -0.2) is 44.1 Å². The number of rotatable bonds is 7. The van der Waals surface area contributed by atoms with Crippen LogP contribution in [0.2, 0.25) is 0 Å². The van der Waals surface area contributed by atoms with E-state index in [9.17, 15) is 14.7 Å². The van der Waals surface area contributed by atoms with Crippen molar-refractivity contribution in [3.05, 3.63) is 101 Å². The van der Waals surface area contributed by atoms with Gasteiger partial charge < -0.3 is 14.6 Å². The van der Waals surface area contributed by atoms with Crippen LogP contribution >= 0.6 is 0 Å². The first kappa shape index (κ1) is 24.0. The molecule has 0 unspecified atom stereocenters. The van der Waals surface area contributed by atoms with Crippen molar-refractivity contribution in [2.45, 2.75) is 13.5 Å². The van der Waals surface area contributed by atoms with Crippen molar-refractivity contribution in [1.29, 1.82) is 0 Å². The van der Waals surface area contributed by atoms with Gasteiger partial charge in [-0.25, -0.2) is 14.5 Å². The number of aromatic nitrogens is 4. The van der Waals surface area contributed by atoms with E-state index >= 15 is 0 Å². The first-order valence-electron chi connectivity index (χ1n) is 11.7. The third-order valence-corrected chi connectivity index (χ3v) is 6.01. The number of ether oxygens (including phenoxy) is 2. The molecule has 0 spiro atoms. The molecule has 2 aromatic heterocycles. The number of carbonyl (C=O) groups is 1. The molecule has 0 saturated heterocycles. The summed E-state index contributed by atoms with van der Waals surface area (Å²) in [6, 6.07) is 21.9. The Kier molecular flexibility index (Phi) is 6.53. The van der Waals surface area contributed by atoms with Crippen LogP contribution in [0.4, 0.5) is 0 Å². The van der Waals surface area contributed by atoms with Crippen LogP contribution in [-0.2, 0) is 11.3 Å². The maximum Gasteiger partial charge on any atom is 0.361 e. The highest BCUT2D eigenvalue weighted by Gasteiger charge is 2.24. The Balaban J connectivity index is 1.65. The Morgan fingerprint density at radius 3 is 2.35 bits per heavy atom. The van der Waals surface area contributed by atoms with Gasteiger partial charge >= 0.3 is 5.97 Å². The quantitative estimate of drug-likeness (QED) is 0.340. The lowest BCUT2D eigenvalue weighted by atomic mass is 10.00. The van der Waals surface area contributed by atoms with E-state index in [2.05, 4.69) is 10.1 Å². The van der Waals surface area contributed by atoms with E-state index in [1.807, 2.05) is 36.4 Å². The van der Waals surface area contributed by atoms with Gasteiger partial charge in [-0.1, -0.05) is 36.4 Å². The molecule has 37 heavy (non-hydrogen) atoms. The molecule has 0 atom stereocenters. The fraction of sp³-hybridized carbons (Fsp3) is 0.143. The van der Waals surface area contributed by atoms with Gasteiger partial charge in [0.25, 0.3) is 5.56 Å². The number of benzene rings is 3. The van der Waals surface area contributed by atoms with Crippen molar-refractivity contribution >= 4 is 17.0 Å². The number of aliphatic hydroxyl groups is 1. The van der Waals surface area contributed by atoms with Crippen molar-refractivity contribution in [1.82, 2.24) is 19.3 Å². The van der Waals surface area contributed by atoms with Crippen LogP contribution < -0.4 is 10.3 Å². The normalized spacial score (nSPS) is 11.0. The van der Waals surface area contributed by atoms with Crippen LogP contribution in [0, 0.1) is 0 Å². The average molecular weight is 497 g/mol. The molecule has 0 amide bonds. The fourth-order valence-corrected chi connectivity index (χ4v) is 4.18. The smallest absolute Gasteiger partial charge is 0.361 e. The predicted molar refractivity (Wildman–Crippen MR) is 138 cm³/mol. The molecule has 0 fully saturated rings. The summed E-state index contributed by atoms with van der Waals surface area (Å²) in [4.78, 5) is 30.8. The highest BCUT2D eigenvalue weighted by molar-refractivity contribution is 6.00. The first-order chi connectivity index (χ1) is 18.0. The highest BCUT2D eigenvalue weighted by Crippen LogP contribution is 2.25. The Bertz CT molecular complexity index is 1640. The molecule has 0 aliphatic rings. The van der Waals surface area contributed by atoms with Crippen molar-refractivity contribution < 1.29 is 19.4 Å². The minimum absolute atomic E-state index is 0.0344. The maximum atomic E-state index is 13.7. The van der Waals surface area contributed by atoms with Gasteiger partial charge in [-0.2, -0.15) is 5.10 Å². The topological polar surface area (TPSA) is 108 Å². The summed E-state index contributed by atoms with van der Waals surface area (Å²) in [5.74, 6) is -0.0134. The number of carbonyl (C=O) groups excluding carboxylic acids is 1. The summed E-state index contributed by atoms with van der Waals surface area (Å²) in [5, 5.41) is 14.1. The molecule has 9 heteroatoms. The van der Waals surface area contributed by atoms with E-state index < -0.39 is 11.5 Å². The zero-order valence-electron chi connectivity index (χ0n) is 20.3. The number of fused-ring (bicyclic) bond motifs is 1. The Hall–Kier alpha value is -4.76. The van der Waals surface area contributed by atoms with E-state index in [1.54, 1.807) is 50.4 Å². The second-order valence-corrected chi connectivity index (χ2v) is 8.16. The molecule has 5 rings (SSSR count). The van der Waals surface area contributed by atoms with Crippen LogP contribution in [0.1, 0.15) is 23.0 Å². The third-order valence-electron chi connectivity index (χ3n) is 6.01. The minimum atomic E-state index is -0.656. The molecule has 1 N–H and O–H groups in total. The Labute approximate surface area is 212 Å². The lowest BCUT2D eigenvalue weighted by Crippen LogP contribution is -2.21. The standard InChI is InChI=1S/C28H24N4O5/c1-3-37-28(35)25-24-26(32(30-25)21-12-14-22(36-2)15-13-21)27(34)31(17-29-24)20-10-8-18(9-11-20)23-7-5-4-6-19(23)16-33/h4-15,17,33H,3,16H2,1-2H3. The molecule has 2 heterocycles. The first-order valence-corrected chi connectivity index (χ1v) is 11.7. The van der Waals surface area contributed by atoms with Crippen molar-refractivity contribution in [2.75, 3.05) is 13.7 Å². The van der Waals surface area contributed by atoms with Crippen LogP contribution in [0.15, 0.2) is 83.9 Å². The molecule has 186 valence electrons. The van der Waals surface area contributed by atoms with E-state index in [4.69, 9.17) is 9.47 Å². The average Bonchev–Trinajstić information content (AvgIpc) is 3.34. The molecular weight excluding hydrogens is 472 g/mol. The van der Waals surface area contributed by atoms with Gasteiger partial charge in [-0.05, 0) is 60.0 Å². The van der Waals surface area contributed by atoms with Gasteiger partial charge in [0.2, 0.25) is 0 Å². The maximum absolute atomic E-state index is 13.7. The van der Waals surface area contributed by atoms with Gasteiger partial charge in [0.15, 0.2) is 11.2 Å². The molecule has 0 bridgehead atoms. The third kappa shape index (κ3) is 4.36. The predicted octanol–water partition coefficient (Wildman–Crippen LogP) is 3.92. The van der Waals surface area contributed by atoms with E-state index in [0.29, 0.717) is 17.1 Å². The summed E-state index contributed by atoms with van der Waals surface area (Å²) >= 11 is 0. The van der Waals surface area contributed by atoms with Crippen LogP contribution in [0.5, 0.6) is 5.75 Å². The van der Waals surface area contributed by atoms with Gasteiger partial charge in [0, 0.05) is 0 Å². The highest BCUT2D eigenvalue weighted by atomic mass is 16.5. The van der Waals surface area contributed by atoms with E-state index in [1.165, 1.54) is 15.6 Å². The summed E-state index contributed by atoms with van der Waals surface area (Å²) in [6.45, 7) is 1.79. The number of nitrogens with zero attached hydrogens (tertiary/aromatic N) is 4. The SMILES string of the molecule is CCOC(=O)c1nn(-c2ccc(OC)cc2)c2c(=O)n(-c3ccc(-c4ccccc4CO)cc3)cnc12. The summed E-state index contributed by atoms with van der Waals surface area (Å²) in [5.41, 5.74) is 3.65. The molecule has 3 aromatic carbocycles. The molecule has 9 nitrogen and oxygen atoms in total. The zero-order chi connectivity index (χ0) is 25.9. The van der Waals surface area contributed by atoms with Crippen LogP contribution in [0.25, 0.3) is 33.5 Å². The second-order valence-electron chi connectivity index (χ2n) is 8.16. The van der Waals surface area contributed by atoms with Crippen LogP contribution in [0.3, 0.4) is 0 Å². The fourth-order valence-electron chi connectivity index (χ4n) is 4.18. The summed E-state index contributed by atoms with van der Waals surface area (Å²) < 4.78 is 13.2. The van der Waals surface area contributed by atoms with Crippen molar-refractivity contribution in [3.63, 3.8) is 0 Å². The molecular formula is C28H24N4O5. The van der Waals surface area contributed by atoms with Gasteiger partial charge in [0.1, 0.15) is 17.6 Å². The Morgan fingerprint density at radius 1 is 0.973 bits per heavy atom. The number of hydrogen-bond donors (Lipinski definition) is 1. The number of methoxy groups -OCH3 is 1. The molecule has 0 aliphatic heterocycles. The molecule has 0 aliphatic carbocycles. The number of esters is 1. The largest absolute Gasteiger partial charge is 0.497 e. The monoisotopic (exact) mass is 496 g/mol. The van der Waals surface area contributed by atoms with Gasteiger partial charge in [-0.3, -0.25) is 9.36 Å². The molecule has 0 saturated carbocycles. The van der Waals surface area contributed by atoms with Crippen molar-refractivity contribution in [2.24, 2.45) is 0 Å². The lowest BCUT2D eigenvalue weighted by molar-refractivity contribution is 0.0521. The van der Waals surface area contributed by atoms with E-state index in [-0.39, 0.29) is 29.9 Å². The lowest BCUT2D eigenvalue weighted by Gasteiger charge is -2.10. The summed E-state index contributed by atoms with van der Waals surface area (Å²) in [7, 11) is 1.56. The zero-order valence-corrected chi connectivity index (χ0v) is 20.3. The van der Waals surface area contributed by atoms with E-state index in [0.717, 1.165) is 16.7 Å². The second kappa shape index (κ2) is 10.1. The number of hydrogen-bond acceptors (Lipinski definition) is 7. The van der Waals surface area contributed by atoms with Crippen molar-refractivity contribution in [3.8, 4) is 28.3 Å². The van der Waals surface area contributed by atoms with Gasteiger partial charge in [-0.15, -0.1) is 0 Å². The number of aliphatic hydroxyl groups excluding tert-OH is 1. The molecule has 5 aromatic rings. The Morgan fingerprint density at radius 2 is 1.68 bits per heavy atom. The summed E-state index contributed by atoms with van der Waals surface area (Å²) in [6.07, 6.45) is 1.38. The minimum Gasteiger partial charge on any atom is -0.497 e. The molecule has 0 radical (unpaired) electrons. The van der Waals surface area contributed by atoms with Gasteiger partial charge in [0.05, 0.1) is 31.7 Å².